The molecule has 2 aliphatic carbocycles. The first kappa shape index (κ1) is 32.7. The van der Waals surface area contributed by atoms with Crippen molar-refractivity contribution in [3.8, 4) is 0 Å². The molecule has 1 unspecified atom stereocenters. The van der Waals surface area contributed by atoms with E-state index in [0.717, 1.165) is 11.5 Å². The fraction of sp³-hybridized carbons (Fsp3) is 0.0278. The summed E-state index contributed by atoms with van der Waals surface area (Å²) in [6, 6.07) is 41.6. The Balaban J connectivity index is 0.000000570. The van der Waals surface area contributed by atoms with Gasteiger partial charge in [-0.25, -0.2) is 0 Å². The molecule has 2 aliphatic rings. The van der Waals surface area contributed by atoms with E-state index < -0.39 is 7.26 Å². The number of carbonyl (C=O) groups excluding carboxylic acids is 1. The Bertz CT molecular complexity index is 1150. The molecule has 6 rings (SSSR count). The van der Waals surface area contributed by atoms with Crippen molar-refractivity contribution in [1.82, 2.24) is 0 Å². The number of hydrogen-bond acceptors (Lipinski definition) is 1. The SMILES string of the molecule is O=C(c1ccccc1)C([C]1[CH][CH][CH][CH]1)[P+](c1ccccc1)(c1ccccc1)c1ccccc1.[CH]1[CH][CH][CH][CH]1.[Fe+2].[I-]. The Morgan fingerprint density at radius 2 is 0.800 bits per heavy atom. The Morgan fingerprint density at radius 3 is 1.15 bits per heavy atom. The van der Waals surface area contributed by atoms with Crippen LogP contribution in [0.5, 0.6) is 0 Å². The maximum atomic E-state index is 14.4. The monoisotopic (exact) mass is 692 g/mol. The van der Waals surface area contributed by atoms with E-state index in [-0.39, 0.29) is 52.5 Å². The Hall–Kier alpha value is -1.77. The quantitative estimate of drug-likeness (QED) is 0.125. The summed E-state index contributed by atoms with van der Waals surface area (Å²) >= 11 is 0. The van der Waals surface area contributed by atoms with Crippen molar-refractivity contribution < 1.29 is 45.8 Å². The van der Waals surface area contributed by atoms with E-state index in [1.165, 1.54) is 15.9 Å². The van der Waals surface area contributed by atoms with Crippen LogP contribution in [0.3, 0.4) is 0 Å². The zero-order valence-electron chi connectivity index (χ0n) is 21.9. The second-order valence-corrected chi connectivity index (χ2v) is 12.6. The first-order valence-electron chi connectivity index (χ1n) is 12.8. The number of halogens is 1. The molecule has 0 bridgehead atoms. The Kier molecular flexibility index (Phi) is 13.6. The molecule has 0 saturated heterocycles. The molecule has 4 aromatic carbocycles. The van der Waals surface area contributed by atoms with Crippen LogP contribution in [0.4, 0.5) is 0 Å². The van der Waals surface area contributed by atoms with Gasteiger partial charge in [-0.3, -0.25) is 4.79 Å². The molecule has 198 valence electrons. The molecule has 0 spiro atoms. The summed E-state index contributed by atoms with van der Waals surface area (Å²) in [5.74, 6) is 1.22. The molecule has 0 aromatic heterocycles. The molecule has 2 fully saturated rings. The summed E-state index contributed by atoms with van der Waals surface area (Å²) in [5, 5.41) is 3.62. The van der Waals surface area contributed by atoms with Crippen LogP contribution in [0.15, 0.2) is 121 Å². The molecular weight excluding hydrogens is 662 g/mol. The van der Waals surface area contributed by atoms with E-state index in [1.54, 1.807) is 0 Å². The summed E-state index contributed by atoms with van der Waals surface area (Å²) in [4.78, 5) is 14.4. The van der Waals surface area contributed by atoms with E-state index >= 15 is 0 Å². The number of hydrogen-bond donors (Lipinski definition) is 0. The van der Waals surface area contributed by atoms with Gasteiger partial charge in [0.2, 0.25) is 5.78 Å². The largest absolute Gasteiger partial charge is 2.00 e. The molecule has 1 nitrogen and oxygen atoms in total. The average molecular weight is 692 g/mol. The summed E-state index contributed by atoms with van der Waals surface area (Å²) in [6.07, 6.45) is 18.3. The van der Waals surface area contributed by atoms with Crippen LogP contribution in [0, 0.1) is 63.7 Å². The third-order valence-corrected chi connectivity index (χ3v) is 11.4. The van der Waals surface area contributed by atoms with Gasteiger partial charge in [0.15, 0.2) is 5.66 Å². The van der Waals surface area contributed by atoms with Gasteiger partial charge in [-0.1, -0.05) is 84.9 Å². The van der Waals surface area contributed by atoms with Crippen molar-refractivity contribution in [2.24, 2.45) is 0 Å². The predicted molar refractivity (Wildman–Crippen MR) is 162 cm³/mol. The Morgan fingerprint density at radius 1 is 0.475 bits per heavy atom. The minimum absolute atomic E-state index is 0. The van der Waals surface area contributed by atoms with Crippen molar-refractivity contribution in [2.75, 3.05) is 0 Å². The van der Waals surface area contributed by atoms with Gasteiger partial charge in [-0.15, -0.1) is 0 Å². The van der Waals surface area contributed by atoms with Crippen LogP contribution in [-0.4, -0.2) is 11.4 Å². The summed E-state index contributed by atoms with van der Waals surface area (Å²) in [6.45, 7) is 0. The molecule has 0 heterocycles. The van der Waals surface area contributed by atoms with Crippen LogP contribution in [0.25, 0.3) is 0 Å². The predicted octanol–water partition coefficient (Wildman–Crippen LogP) is 3.66. The minimum atomic E-state index is -2.42. The molecule has 0 aliphatic heterocycles. The topological polar surface area (TPSA) is 17.1 Å². The molecule has 40 heavy (non-hydrogen) atoms. The summed E-state index contributed by atoms with van der Waals surface area (Å²) in [7, 11) is -2.42. The van der Waals surface area contributed by atoms with Crippen LogP contribution in [-0.2, 0) is 17.1 Å². The number of ketones is 1. The minimum Gasteiger partial charge on any atom is -1.00 e. The molecule has 4 heteroatoms. The van der Waals surface area contributed by atoms with Crippen LogP contribution < -0.4 is 39.9 Å². The number of carbonyl (C=O) groups is 1. The fourth-order valence-electron chi connectivity index (χ4n) is 5.09. The zero-order chi connectivity index (χ0) is 26.0. The smallest absolute Gasteiger partial charge is 1.00 e. The standard InChI is InChI=1S/C31H25OP.C5H5.Fe.HI/c32-30(25-15-5-1-6-16-25)31(26-17-13-14-18-26)33(27-19-7-2-8-20-27,28-21-9-3-10-22-28)29-23-11-4-12-24-29;1-2-4-5-3-1;;/h1-24,31H;1-5H;;1H/q+1;;+2;/p-1. The first-order valence-corrected chi connectivity index (χ1v) is 14.7. The number of rotatable bonds is 7. The van der Waals surface area contributed by atoms with Gasteiger partial charge in [-0.05, 0) is 94.2 Å². The zero-order valence-corrected chi connectivity index (χ0v) is 26.1. The van der Waals surface area contributed by atoms with Crippen LogP contribution >= 0.6 is 7.26 Å². The van der Waals surface area contributed by atoms with Gasteiger partial charge in [0, 0.05) is 11.5 Å². The normalized spacial score (nSPS) is 15.6. The summed E-state index contributed by atoms with van der Waals surface area (Å²) in [5.41, 5.74) is 0.415. The van der Waals surface area contributed by atoms with Gasteiger partial charge >= 0.3 is 17.1 Å². The average Bonchev–Trinajstić information content (AvgIpc) is 3.76. The summed E-state index contributed by atoms with van der Waals surface area (Å²) < 4.78 is 0. The van der Waals surface area contributed by atoms with E-state index in [0.29, 0.717) is 0 Å². The van der Waals surface area contributed by atoms with E-state index in [4.69, 9.17) is 0 Å². The maximum absolute atomic E-state index is 14.4. The Labute approximate surface area is 269 Å². The van der Waals surface area contributed by atoms with E-state index in [2.05, 4.69) is 85.6 Å². The molecule has 4 aromatic rings. The molecule has 10 radical (unpaired) electrons. The second-order valence-electron chi connectivity index (χ2n) is 9.04. The van der Waals surface area contributed by atoms with Crippen molar-refractivity contribution in [3.63, 3.8) is 0 Å². The first-order chi connectivity index (χ1) is 18.8. The van der Waals surface area contributed by atoms with E-state index in [9.17, 15) is 4.79 Å². The van der Waals surface area contributed by atoms with E-state index in [1.807, 2.05) is 93.5 Å². The fourth-order valence-corrected chi connectivity index (χ4v) is 9.92. The molecule has 1 atom stereocenters. The molecule has 0 N–H and O–H groups in total. The molecular formula is C36H30FeIOP+2. The number of Topliss-reactive ketones (excluding diaryl/α,β-unsaturated/α-hetero) is 1. The van der Waals surface area contributed by atoms with Crippen molar-refractivity contribution in [1.29, 1.82) is 0 Å². The van der Waals surface area contributed by atoms with Gasteiger partial charge < -0.3 is 24.0 Å². The van der Waals surface area contributed by atoms with Gasteiger partial charge in [0.25, 0.3) is 0 Å². The second kappa shape index (κ2) is 16.6. The molecule has 2 saturated carbocycles. The van der Waals surface area contributed by atoms with Crippen LogP contribution in [0.1, 0.15) is 10.4 Å². The van der Waals surface area contributed by atoms with Gasteiger partial charge in [0.05, 0.1) is 0 Å². The third-order valence-electron chi connectivity index (χ3n) is 6.74. The van der Waals surface area contributed by atoms with Crippen molar-refractivity contribution in [2.45, 2.75) is 5.66 Å². The third kappa shape index (κ3) is 7.35. The van der Waals surface area contributed by atoms with Crippen molar-refractivity contribution in [3.05, 3.63) is 191 Å². The van der Waals surface area contributed by atoms with Crippen LogP contribution in [0.2, 0.25) is 0 Å². The van der Waals surface area contributed by atoms with Gasteiger partial charge in [-0.2, -0.15) is 0 Å². The van der Waals surface area contributed by atoms with Gasteiger partial charge in [0.1, 0.15) is 23.2 Å². The molecule has 0 amide bonds. The number of benzene rings is 4. The van der Waals surface area contributed by atoms with Crippen molar-refractivity contribution >= 4 is 29.0 Å². The maximum Gasteiger partial charge on any atom is 2.00 e.